The largest absolute Gasteiger partial charge is 0.425 e. The van der Waals surface area contributed by atoms with Crippen molar-refractivity contribution in [3.05, 3.63) is 29.8 Å². The maximum absolute atomic E-state index is 12.6. The third-order valence-corrected chi connectivity index (χ3v) is 4.47. The number of rotatable bonds is 12. The van der Waals surface area contributed by atoms with Gasteiger partial charge in [-0.15, -0.1) is 0 Å². The normalized spacial score (nSPS) is 12.9. The highest BCUT2D eigenvalue weighted by Gasteiger charge is 2.27. The van der Waals surface area contributed by atoms with E-state index in [1.807, 2.05) is 20.1 Å². The van der Waals surface area contributed by atoms with Gasteiger partial charge < -0.3 is 20.5 Å². The average Bonchev–Trinajstić information content (AvgIpc) is 2.64. The first kappa shape index (κ1) is 23.0. The number of benzene rings is 1. The molecule has 0 radical (unpaired) electrons. The molecule has 1 rings (SSSR count). The summed E-state index contributed by atoms with van der Waals surface area (Å²) in [5.41, 5.74) is 0.707. The van der Waals surface area contributed by atoms with E-state index in [9.17, 15) is 14.4 Å². The van der Waals surface area contributed by atoms with Crippen LogP contribution >= 0.6 is 11.8 Å². The molecule has 0 spiro atoms. The van der Waals surface area contributed by atoms with Gasteiger partial charge in [0.2, 0.25) is 12.3 Å². The second kappa shape index (κ2) is 12.3. The number of hydrogen-bond donors (Lipinski definition) is 3. The first-order valence-electron chi connectivity index (χ1n) is 8.81. The monoisotopic (exact) mass is 396 g/mol. The minimum Gasteiger partial charge on any atom is -0.425 e. The highest BCUT2D eigenvalue weighted by molar-refractivity contribution is 7.98. The lowest BCUT2D eigenvalue weighted by Crippen LogP contribution is -2.51. The molecule has 0 saturated heterocycles. The molecule has 0 fully saturated rings. The van der Waals surface area contributed by atoms with E-state index in [2.05, 4.69) is 10.6 Å². The van der Waals surface area contributed by atoms with Crippen molar-refractivity contribution >= 4 is 30.0 Å². The second-order valence-corrected chi connectivity index (χ2v) is 7.52. The van der Waals surface area contributed by atoms with Crippen LogP contribution in [0.2, 0.25) is 0 Å². The maximum atomic E-state index is 12.6. The third kappa shape index (κ3) is 8.45. The lowest BCUT2D eigenvalue weighted by molar-refractivity contribution is -0.140. The molecule has 3 N–H and O–H groups in total. The summed E-state index contributed by atoms with van der Waals surface area (Å²) in [6.45, 7) is 3.79. The van der Waals surface area contributed by atoms with Gasteiger partial charge in [-0.25, -0.2) is 4.79 Å². The number of aliphatic hydroxyl groups excluding tert-OH is 1. The predicted octanol–water partition coefficient (Wildman–Crippen LogP) is 1.48. The summed E-state index contributed by atoms with van der Waals surface area (Å²) in [5.74, 6) is 0.224. The van der Waals surface area contributed by atoms with Gasteiger partial charge in [0.15, 0.2) is 0 Å². The Balaban J connectivity index is 2.80. The number of carbonyl (C=O) groups is 3. The molecule has 0 aliphatic heterocycles. The Morgan fingerprint density at radius 3 is 2.41 bits per heavy atom. The van der Waals surface area contributed by atoms with Crippen molar-refractivity contribution in [3.8, 4) is 5.75 Å². The molecule has 150 valence electrons. The lowest BCUT2D eigenvalue weighted by Gasteiger charge is -2.22. The van der Waals surface area contributed by atoms with Crippen LogP contribution < -0.4 is 15.4 Å². The van der Waals surface area contributed by atoms with Crippen LogP contribution in [0.1, 0.15) is 32.3 Å². The van der Waals surface area contributed by atoms with E-state index in [0.717, 1.165) is 0 Å². The molecule has 2 unspecified atom stereocenters. The van der Waals surface area contributed by atoms with Crippen molar-refractivity contribution in [2.75, 3.05) is 12.0 Å². The molecule has 8 heteroatoms. The lowest BCUT2D eigenvalue weighted by atomic mass is 10.0. The molecule has 1 aromatic carbocycles. The van der Waals surface area contributed by atoms with Crippen LogP contribution in [0.25, 0.3) is 0 Å². The molecule has 7 nitrogen and oxygen atoms in total. The second-order valence-electron chi connectivity index (χ2n) is 6.53. The molecule has 0 saturated carbocycles. The van der Waals surface area contributed by atoms with Crippen LogP contribution in [0.5, 0.6) is 5.75 Å². The van der Waals surface area contributed by atoms with E-state index < -0.39 is 24.0 Å². The summed E-state index contributed by atoms with van der Waals surface area (Å²) in [7, 11) is 0. The summed E-state index contributed by atoms with van der Waals surface area (Å²) in [6, 6.07) is 4.98. The zero-order chi connectivity index (χ0) is 20.2. The Bertz CT molecular complexity index is 607. The molecule has 0 aliphatic carbocycles. The summed E-state index contributed by atoms with van der Waals surface area (Å²) in [4.78, 5) is 35.8. The van der Waals surface area contributed by atoms with Gasteiger partial charge in [-0.3, -0.25) is 9.59 Å². The van der Waals surface area contributed by atoms with Crippen molar-refractivity contribution in [3.63, 3.8) is 0 Å². The fourth-order valence-electron chi connectivity index (χ4n) is 2.42. The number of amides is 2. The summed E-state index contributed by atoms with van der Waals surface area (Å²) in [5, 5.41) is 14.3. The van der Waals surface area contributed by atoms with Crippen molar-refractivity contribution < 1.29 is 24.2 Å². The predicted molar refractivity (Wildman–Crippen MR) is 105 cm³/mol. The number of thioether (sulfide) groups is 1. The van der Waals surface area contributed by atoms with Crippen molar-refractivity contribution in [1.29, 1.82) is 0 Å². The van der Waals surface area contributed by atoms with Crippen molar-refractivity contribution in [2.24, 2.45) is 5.92 Å². The van der Waals surface area contributed by atoms with Crippen molar-refractivity contribution in [1.82, 2.24) is 10.6 Å². The highest BCUT2D eigenvalue weighted by Crippen LogP contribution is 2.15. The van der Waals surface area contributed by atoms with Gasteiger partial charge in [-0.1, -0.05) is 26.0 Å². The minimum atomic E-state index is -0.819. The van der Waals surface area contributed by atoms with Gasteiger partial charge in [0.25, 0.3) is 0 Å². The number of aliphatic hydroxyl groups is 1. The third-order valence-electron chi connectivity index (χ3n) is 3.83. The first-order valence-corrected chi connectivity index (χ1v) is 10.2. The number of hydrogen-bond acceptors (Lipinski definition) is 6. The van der Waals surface area contributed by atoms with E-state index in [4.69, 9.17) is 9.84 Å². The molecule has 1 aromatic rings. The molecule has 27 heavy (non-hydrogen) atoms. The van der Waals surface area contributed by atoms with Crippen LogP contribution in [-0.4, -0.2) is 47.5 Å². The Morgan fingerprint density at radius 1 is 1.22 bits per heavy atom. The maximum Gasteiger partial charge on any atom is 0.334 e. The zero-order valence-electron chi connectivity index (χ0n) is 15.9. The van der Waals surface area contributed by atoms with Crippen LogP contribution in [0.3, 0.4) is 0 Å². The van der Waals surface area contributed by atoms with Gasteiger partial charge in [0.05, 0.1) is 6.61 Å². The number of esters is 1. The van der Waals surface area contributed by atoms with E-state index in [0.29, 0.717) is 36.3 Å². The smallest absolute Gasteiger partial charge is 0.334 e. The Labute approximate surface area is 164 Å². The zero-order valence-corrected chi connectivity index (χ0v) is 16.8. The van der Waals surface area contributed by atoms with Crippen LogP contribution in [0, 0.1) is 5.92 Å². The Hall–Kier alpha value is -2.06. The van der Waals surface area contributed by atoms with Crippen LogP contribution in [-0.2, 0) is 21.0 Å². The number of nitrogens with one attached hydrogen (secondary N) is 2. The number of ether oxygens (including phenoxy) is 1. The molecule has 0 aromatic heterocycles. The Kier molecular flexibility index (Phi) is 10.5. The standard InChI is InChI=1S/C19H28N2O5S/c1-13(2)10-17(21-18(24)16(20-12-23)8-9-27-3)19(25)26-15-6-4-14(11-22)5-7-15/h4-7,12-13,16-17,22H,8-11H2,1-3H3,(H,20,23)(H,21,24). The van der Waals surface area contributed by atoms with Crippen LogP contribution in [0.15, 0.2) is 24.3 Å². The van der Waals surface area contributed by atoms with Crippen molar-refractivity contribution in [2.45, 2.75) is 45.4 Å². The SMILES string of the molecule is CSCCC(NC=O)C(=O)NC(CC(C)C)C(=O)Oc1ccc(CO)cc1. The minimum absolute atomic E-state index is 0.0958. The van der Waals surface area contributed by atoms with Gasteiger partial charge in [0.1, 0.15) is 17.8 Å². The molecule has 0 heterocycles. The quantitative estimate of drug-likeness (QED) is 0.281. The first-order chi connectivity index (χ1) is 12.9. The van der Waals surface area contributed by atoms with E-state index in [1.165, 1.54) is 0 Å². The summed E-state index contributed by atoms with van der Waals surface area (Å²) < 4.78 is 5.37. The van der Waals surface area contributed by atoms with E-state index >= 15 is 0 Å². The van der Waals surface area contributed by atoms with Crippen LogP contribution in [0.4, 0.5) is 0 Å². The van der Waals surface area contributed by atoms with E-state index in [-0.39, 0.29) is 12.5 Å². The van der Waals surface area contributed by atoms with Gasteiger partial charge in [-0.05, 0) is 48.5 Å². The fraction of sp³-hybridized carbons (Fsp3) is 0.526. The molecule has 2 atom stereocenters. The summed E-state index contributed by atoms with van der Waals surface area (Å²) >= 11 is 1.57. The highest BCUT2D eigenvalue weighted by atomic mass is 32.2. The molecule has 0 bridgehead atoms. The van der Waals surface area contributed by atoms with Gasteiger partial charge >= 0.3 is 5.97 Å². The molecule has 0 aliphatic rings. The number of carbonyl (C=O) groups excluding carboxylic acids is 3. The topological polar surface area (TPSA) is 105 Å². The Morgan fingerprint density at radius 2 is 1.89 bits per heavy atom. The molecular formula is C19H28N2O5S. The fourth-order valence-corrected chi connectivity index (χ4v) is 2.89. The van der Waals surface area contributed by atoms with E-state index in [1.54, 1.807) is 36.0 Å². The molecular weight excluding hydrogens is 368 g/mol. The average molecular weight is 397 g/mol. The molecule has 2 amide bonds. The van der Waals surface area contributed by atoms with Gasteiger partial charge in [-0.2, -0.15) is 11.8 Å². The summed E-state index contributed by atoms with van der Waals surface area (Å²) in [6.07, 6.45) is 3.29. The van der Waals surface area contributed by atoms with Gasteiger partial charge in [0, 0.05) is 0 Å².